The van der Waals surface area contributed by atoms with Gasteiger partial charge in [0.1, 0.15) is 17.1 Å². The van der Waals surface area contributed by atoms with E-state index in [2.05, 4.69) is 22.2 Å². The standard InChI is InChI=1S/C14H17N3O2S/c1-3-5-13-17-11(9-20-13)14(18)16-8-10-12(19-2)6-4-7-15-10/h4,6-7,9H,3,5,8H2,1-2H3,(H,16,18). The lowest BCUT2D eigenvalue weighted by atomic mass is 10.3. The van der Waals surface area contributed by atoms with Gasteiger partial charge in [-0.2, -0.15) is 0 Å². The molecule has 0 unspecified atom stereocenters. The number of hydrogen-bond donors (Lipinski definition) is 1. The first-order valence-corrected chi connectivity index (χ1v) is 7.33. The Morgan fingerprint density at radius 2 is 2.35 bits per heavy atom. The largest absolute Gasteiger partial charge is 0.495 e. The normalized spacial score (nSPS) is 10.3. The summed E-state index contributed by atoms with van der Waals surface area (Å²) < 4.78 is 5.19. The van der Waals surface area contributed by atoms with Gasteiger partial charge in [0, 0.05) is 11.6 Å². The number of amides is 1. The monoisotopic (exact) mass is 291 g/mol. The minimum absolute atomic E-state index is 0.184. The second-order valence-corrected chi connectivity index (χ2v) is 5.15. The minimum Gasteiger partial charge on any atom is -0.495 e. The fourth-order valence-electron chi connectivity index (χ4n) is 1.74. The Kier molecular flexibility index (Phi) is 5.06. The smallest absolute Gasteiger partial charge is 0.271 e. The van der Waals surface area contributed by atoms with E-state index in [9.17, 15) is 4.79 Å². The van der Waals surface area contributed by atoms with Crippen LogP contribution in [0, 0.1) is 0 Å². The Labute approximate surface area is 122 Å². The summed E-state index contributed by atoms with van der Waals surface area (Å²) in [4.78, 5) is 20.5. The van der Waals surface area contributed by atoms with Gasteiger partial charge in [-0.3, -0.25) is 9.78 Å². The summed E-state index contributed by atoms with van der Waals surface area (Å²) in [6.07, 6.45) is 3.61. The summed E-state index contributed by atoms with van der Waals surface area (Å²) in [5, 5.41) is 5.59. The van der Waals surface area contributed by atoms with E-state index in [0.29, 0.717) is 23.7 Å². The van der Waals surface area contributed by atoms with Crippen LogP contribution in [0.3, 0.4) is 0 Å². The molecule has 2 heterocycles. The molecule has 2 rings (SSSR count). The third-order valence-corrected chi connectivity index (χ3v) is 3.64. The zero-order valence-corrected chi connectivity index (χ0v) is 12.4. The molecule has 0 saturated carbocycles. The Bertz CT molecular complexity index is 583. The molecule has 0 saturated heterocycles. The van der Waals surface area contributed by atoms with Gasteiger partial charge in [0.2, 0.25) is 0 Å². The third kappa shape index (κ3) is 3.54. The molecule has 2 aromatic heterocycles. The predicted octanol–water partition coefficient (Wildman–Crippen LogP) is 2.43. The van der Waals surface area contributed by atoms with Crippen molar-refractivity contribution in [2.75, 3.05) is 7.11 Å². The van der Waals surface area contributed by atoms with Crippen molar-refractivity contribution < 1.29 is 9.53 Å². The molecule has 0 bridgehead atoms. The van der Waals surface area contributed by atoms with E-state index in [-0.39, 0.29) is 5.91 Å². The van der Waals surface area contributed by atoms with Crippen molar-refractivity contribution in [3.8, 4) is 5.75 Å². The molecule has 6 heteroatoms. The molecule has 0 aliphatic carbocycles. The Morgan fingerprint density at radius 1 is 1.50 bits per heavy atom. The highest BCUT2D eigenvalue weighted by atomic mass is 32.1. The van der Waals surface area contributed by atoms with E-state index in [4.69, 9.17) is 4.74 Å². The quantitative estimate of drug-likeness (QED) is 0.888. The Balaban J connectivity index is 1.97. The van der Waals surface area contributed by atoms with Crippen LogP contribution in [-0.4, -0.2) is 23.0 Å². The van der Waals surface area contributed by atoms with Crippen molar-refractivity contribution in [3.63, 3.8) is 0 Å². The van der Waals surface area contributed by atoms with E-state index in [1.807, 2.05) is 6.07 Å². The minimum atomic E-state index is -0.184. The molecular weight excluding hydrogens is 274 g/mol. The molecule has 20 heavy (non-hydrogen) atoms. The number of carbonyl (C=O) groups excluding carboxylic acids is 1. The molecule has 0 atom stereocenters. The van der Waals surface area contributed by atoms with Crippen molar-refractivity contribution in [1.29, 1.82) is 0 Å². The molecular formula is C14H17N3O2S. The van der Waals surface area contributed by atoms with E-state index < -0.39 is 0 Å². The SMILES string of the molecule is CCCc1nc(C(=O)NCc2ncccc2OC)cs1. The summed E-state index contributed by atoms with van der Waals surface area (Å²) in [5.74, 6) is 0.481. The average molecular weight is 291 g/mol. The van der Waals surface area contributed by atoms with E-state index in [0.717, 1.165) is 17.8 Å². The molecule has 0 aliphatic rings. The number of aryl methyl sites for hydroxylation is 1. The van der Waals surface area contributed by atoms with Gasteiger partial charge in [0.05, 0.1) is 18.7 Å². The number of nitrogens with one attached hydrogen (secondary N) is 1. The first-order chi connectivity index (χ1) is 9.74. The maximum atomic E-state index is 12.0. The molecule has 0 radical (unpaired) electrons. The molecule has 5 nitrogen and oxygen atoms in total. The molecule has 0 spiro atoms. The van der Waals surface area contributed by atoms with Crippen LogP contribution < -0.4 is 10.1 Å². The number of rotatable bonds is 6. The number of aromatic nitrogens is 2. The summed E-state index contributed by atoms with van der Waals surface area (Å²) in [5.41, 5.74) is 1.17. The van der Waals surface area contributed by atoms with Crippen molar-refractivity contribution in [2.45, 2.75) is 26.3 Å². The maximum absolute atomic E-state index is 12.0. The molecule has 2 aromatic rings. The van der Waals surface area contributed by atoms with Gasteiger partial charge in [-0.25, -0.2) is 4.98 Å². The number of carbonyl (C=O) groups is 1. The van der Waals surface area contributed by atoms with Crippen molar-refractivity contribution in [1.82, 2.24) is 15.3 Å². The second-order valence-electron chi connectivity index (χ2n) is 4.21. The highest BCUT2D eigenvalue weighted by Gasteiger charge is 2.11. The van der Waals surface area contributed by atoms with Crippen LogP contribution in [0.25, 0.3) is 0 Å². The van der Waals surface area contributed by atoms with Crippen molar-refractivity contribution in [3.05, 3.63) is 40.1 Å². The van der Waals surface area contributed by atoms with Gasteiger partial charge in [-0.1, -0.05) is 6.92 Å². The number of methoxy groups -OCH3 is 1. The van der Waals surface area contributed by atoms with Crippen LogP contribution in [0.15, 0.2) is 23.7 Å². The van der Waals surface area contributed by atoms with E-state index >= 15 is 0 Å². The zero-order chi connectivity index (χ0) is 14.4. The Hall–Kier alpha value is -1.95. The first kappa shape index (κ1) is 14.5. The lowest BCUT2D eigenvalue weighted by molar-refractivity contribution is 0.0945. The molecule has 0 fully saturated rings. The van der Waals surface area contributed by atoms with Crippen LogP contribution in [0.2, 0.25) is 0 Å². The predicted molar refractivity (Wildman–Crippen MR) is 78.1 cm³/mol. The first-order valence-electron chi connectivity index (χ1n) is 6.45. The summed E-state index contributed by atoms with van der Waals surface area (Å²) in [7, 11) is 1.58. The fraction of sp³-hybridized carbons (Fsp3) is 0.357. The number of thiazole rings is 1. The molecule has 0 aromatic carbocycles. The zero-order valence-electron chi connectivity index (χ0n) is 11.5. The van der Waals surface area contributed by atoms with Crippen LogP contribution in [0.4, 0.5) is 0 Å². The van der Waals surface area contributed by atoms with Gasteiger partial charge in [-0.15, -0.1) is 11.3 Å². The topological polar surface area (TPSA) is 64.1 Å². The number of ether oxygens (including phenoxy) is 1. The van der Waals surface area contributed by atoms with Gasteiger partial charge in [0.15, 0.2) is 0 Å². The molecule has 0 aliphatic heterocycles. The van der Waals surface area contributed by atoms with Crippen LogP contribution >= 0.6 is 11.3 Å². The van der Waals surface area contributed by atoms with E-state index in [1.54, 1.807) is 24.8 Å². The third-order valence-electron chi connectivity index (χ3n) is 2.73. The van der Waals surface area contributed by atoms with Crippen LogP contribution in [0.1, 0.15) is 34.5 Å². The number of nitrogens with zero attached hydrogens (tertiary/aromatic N) is 2. The van der Waals surface area contributed by atoms with Gasteiger partial charge in [0.25, 0.3) is 5.91 Å². The molecule has 1 amide bonds. The number of hydrogen-bond acceptors (Lipinski definition) is 5. The van der Waals surface area contributed by atoms with Crippen molar-refractivity contribution in [2.24, 2.45) is 0 Å². The lowest BCUT2D eigenvalue weighted by Gasteiger charge is -2.07. The van der Waals surface area contributed by atoms with Gasteiger partial charge < -0.3 is 10.1 Å². The highest BCUT2D eigenvalue weighted by Crippen LogP contribution is 2.15. The lowest BCUT2D eigenvalue weighted by Crippen LogP contribution is -2.24. The van der Waals surface area contributed by atoms with Crippen LogP contribution in [-0.2, 0) is 13.0 Å². The fourth-order valence-corrected chi connectivity index (χ4v) is 2.62. The van der Waals surface area contributed by atoms with Crippen LogP contribution in [0.5, 0.6) is 5.75 Å². The molecule has 1 N–H and O–H groups in total. The summed E-state index contributed by atoms with van der Waals surface area (Å²) >= 11 is 1.52. The van der Waals surface area contributed by atoms with Gasteiger partial charge in [-0.05, 0) is 25.0 Å². The maximum Gasteiger partial charge on any atom is 0.271 e. The summed E-state index contributed by atoms with van der Waals surface area (Å²) in [6, 6.07) is 3.61. The second kappa shape index (κ2) is 7.00. The average Bonchev–Trinajstić information content (AvgIpc) is 2.94. The Morgan fingerprint density at radius 3 is 3.10 bits per heavy atom. The highest BCUT2D eigenvalue weighted by molar-refractivity contribution is 7.09. The number of pyridine rings is 1. The summed E-state index contributed by atoms with van der Waals surface area (Å²) in [6.45, 7) is 2.41. The van der Waals surface area contributed by atoms with Gasteiger partial charge >= 0.3 is 0 Å². The molecule has 106 valence electrons. The van der Waals surface area contributed by atoms with E-state index in [1.165, 1.54) is 11.3 Å². The van der Waals surface area contributed by atoms with Crippen molar-refractivity contribution >= 4 is 17.2 Å².